The topological polar surface area (TPSA) is 61.9 Å². The Morgan fingerprint density at radius 1 is 0.960 bits per heavy atom. The van der Waals surface area contributed by atoms with Gasteiger partial charge in [-0.2, -0.15) is 5.26 Å². The molecule has 0 radical (unpaired) electrons. The maximum atomic E-state index is 12.8. The summed E-state index contributed by atoms with van der Waals surface area (Å²) in [5, 5.41) is 9.62. The van der Waals surface area contributed by atoms with Crippen molar-refractivity contribution in [2.75, 3.05) is 18.0 Å². The minimum atomic E-state index is -0.161. The molecule has 3 heterocycles. The molecule has 0 atom stereocenters. The lowest BCUT2D eigenvalue weighted by atomic mass is 10.0. The fourth-order valence-electron chi connectivity index (χ4n) is 3.94. The van der Waals surface area contributed by atoms with E-state index in [9.17, 15) is 10.1 Å². The molecule has 2 aromatic rings. The molecular weight excluding hydrogens is 312 g/mol. The fraction of sp³-hybridized carbons (Fsp3) is 0.450. The monoisotopic (exact) mass is 334 g/mol. The van der Waals surface area contributed by atoms with E-state index in [0.29, 0.717) is 12.4 Å². The van der Waals surface area contributed by atoms with Crippen LogP contribution in [0, 0.1) is 11.3 Å². The van der Waals surface area contributed by atoms with Gasteiger partial charge in [-0.05, 0) is 36.8 Å². The van der Waals surface area contributed by atoms with Gasteiger partial charge in [-0.15, -0.1) is 0 Å². The minimum Gasteiger partial charge on any atom is -0.355 e. The van der Waals surface area contributed by atoms with E-state index in [2.05, 4.69) is 35.2 Å². The number of benzene rings is 1. The Kier molecular flexibility index (Phi) is 4.27. The molecule has 5 heteroatoms. The number of fused-ring (bicyclic) bond motifs is 2. The smallest absolute Gasteiger partial charge is 0.273 e. The molecule has 128 valence electrons. The third kappa shape index (κ3) is 2.93. The van der Waals surface area contributed by atoms with Crippen LogP contribution in [0.1, 0.15) is 41.8 Å². The Morgan fingerprint density at radius 3 is 2.36 bits per heavy atom. The summed E-state index contributed by atoms with van der Waals surface area (Å²) in [5.74, 6) is 1.44. The van der Waals surface area contributed by atoms with E-state index in [1.165, 1.54) is 11.1 Å². The van der Waals surface area contributed by atoms with Crippen LogP contribution >= 0.6 is 0 Å². The number of hydrogen-bond donors (Lipinski definition) is 0. The van der Waals surface area contributed by atoms with Gasteiger partial charge in [0.2, 0.25) is 0 Å². The molecule has 2 aliphatic heterocycles. The molecule has 0 fully saturated rings. The normalized spacial score (nSPS) is 17.0. The van der Waals surface area contributed by atoms with Crippen LogP contribution < -0.4 is 10.5 Å². The van der Waals surface area contributed by atoms with Crippen molar-refractivity contribution in [3.05, 3.63) is 57.1 Å². The van der Waals surface area contributed by atoms with Gasteiger partial charge in [0, 0.05) is 26.1 Å². The summed E-state index contributed by atoms with van der Waals surface area (Å²) in [6, 6.07) is 10.6. The highest BCUT2D eigenvalue weighted by molar-refractivity contribution is 5.54. The van der Waals surface area contributed by atoms with Gasteiger partial charge in [-0.25, -0.2) is 4.98 Å². The summed E-state index contributed by atoms with van der Waals surface area (Å²) in [7, 11) is 0. The molecule has 5 nitrogen and oxygen atoms in total. The summed E-state index contributed by atoms with van der Waals surface area (Å²) >= 11 is 0. The summed E-state index contributed by atoms with van der Waals surface area (Å²) in [4.78, 5) is 19.8. The van der Waals surface area contributed by atoms with Crippen LogP contribution in [0.25, 0.3) is 0 Å². The van der Waals surface area contributed by atoms with Crippen molar-refractivity contribution < 1.29 is 0 Å². The zero-order valence-electron chi connectivity index (χ0n) is 14.4. The Labute approximate surface area is 147 Å². The molecule has 0 aliphatic carbocycles. The van der Waals surface area contributed by atoms with Crippen molar-refractivity contribution in [3.63, 3.8) is 0 Å². The highest BCUT2D eigenvalue weighted by atomic mass is 16.1. The van der Waals surface area contributed by atoms with Crippen molar-refractivity contribution in [1.82, 2.24) is 9.55 Å². The Morgan fingerprint density at radius 2 is 1.68 bits per heavy atom. The fourth-order valence-corrected chi connectivity index (χ4v) is 3.94. The first-order valence-corrected chi connectivity index (χ1v) is 9.13. The van der Waals surface area contributed by atoms with Crippen LogP contribution in [0.5, 0.6) is 0 Å². The predicted molar refractivity (Wildman–Crippen MR) is 96.8 cm³/mol. The van der Waals surface area contributed by atoms with E-state index in [0.717, 1.165) is 57.4 Å². The second kappa shape index (κ2) is 6.72. The molecule has 0 spiro atoms. The van der Waals surface area contributed by atoms with Gasteiger partial charge in [0.15, 0.2) is 11.4 Å². The average Bonchev–Trinajstić information content (AvgIpc) is 3.00. The van der Waals surface area contributed by atoms with Gasteiger partial charge in [-0.3, -0.25) is 9.36 Å². The van der Waals surface area contributed by atoms with Crippen LogP contribution in [-0.4, -0.2) is 22.6 Å². The number of aryl methyl sites for hydroxylation is 1. The standard InChI is InChI=1S/C20H22N4O/c21-14-17-19(22-18-8-2-1-5-11-24(18)20(17)25)23-12-9-15-6-3-4-7-16(15)10-13-23/h3-4,6-7H,1-2,5,8-13H2. The molecule has 0 unspecified atom stereocenters. The summed E-state index contributed by atoms with van der Waals surface area (Å²) in [5.41, 5.74) is 2.76. The second-order valence-electron chi connectivity index (χ2n) is 6.86. The van der Waals surface area contributed by atoms with Gasteiger partial charge in [-0.1, -0.05) is 30.7 Å². The molecule has 1 aromatic carbocycles. The van der Waals surface area contributed by atoms with Gasteiger partial charge < -0.3 is 4.90 Å². The van der Waals surface area contributed by atoms with Crippen molar-refractivity contribution in [2.24, 2.45) is 0 Å². The van der Waals surface area contributed by atoms with Gasteiger partial charge in [0.05, 0.1) is 0 Å². The van der Waals surface area contributed by atoms with E-state index >= 15 is 0 Å². The van der Waals surface area contributed by atoms with Crippen LogP contribution in [0.15, 0.2) is 29.1 Å². The van der Waals surface area contributed by atoms with E-state index in [-0.39, 0.29) is 11.1 Å². The SMILES string of the molecule is N#Cc1c(N2CCc3ccccc3CC2)nc2n(c1=O)CCCCC2. The number of anilines is 1. The molecule has 1 aromatic heterocycles. The molecular formula is C20H22N4O. The summed E-state index contributed by atoms with van der Waals surface area (Å²) in [6.07, 6.45) is 5.81. The maximum absolute atomic E-state index is 12.8. The first kappa shape index (κ1) is 15.9. The second-order valence-corrected chi connectivity index (χ2v) is 6.86. The predicted octanol–water partition coefficient (Wildman–Crippen LogP) is 2.45. The van der Waals surface area contributed by atoms with E-state index in [1.54, 1.807) is 4.57 Å². The number of rotatable bonds is 1. The first-order chi connectivity index (χ1) is 12.3. The third-order valence-electron chi connectivity index (χ3n) is 5.34. The van der Waals surface area contributed by atoms with Crippen molar-refractivity contribution in [2.45, 2.75) is 45.1 Å². The van der Waals surface area contributed by atoms with Crippen molar-refractivity contribution in [3.8, 4) is 6.07 Å². The number of nitrogens with zero attached hydrogens (tertiary/aromatic N) is 4. The Bertz CT molecular complexity index is 867. The zero-order chi connectivity index (χ0) is 17.2. The quantitative estimate of drug-likeness (QED) is 0.804. The molecule has 4 rings (SSSR count). The minimum absolute atomic E-state index is 0.161. The highest BCUT2D eigenvalue weighted by Gasteiger charge is 2.23. The van der Waals surface area contributed by atoms with Crippen LogP contribution in [-0.2, 0) is 25.8 Å². The lowest BCUT2D eigenvalue weighted by Gasteiger charge is -2.24. The van der Waals surface area contributed by atoms with Crippen LogP contribution in [0.3, 0.4) is 0 Å². The molecule has 0 amide bonds. The van der Waals surface area contributed by atoms with E-state index in [4.69, 9.17) is 4.98 Å². The molecule has 0 saturated carbocycles. The molecule has 2 aliphatic rings. The van der Waals surface area contributed by atoms with E-state index in [1.807, 2.05) is 0 Å². The highest BCUT2D eigenvalue weighted by Crippen LogP contribution is 2.23. The third-order valence-corrected chi connectivity index (χ3v) is 5.34. The lowest BCUT2D eigenvalue weighted by molar-refractivity contribution is 0.605. The van der Waals surface area contributed by atoms with Crippen LogP contribution in [0.4, 0.5) is 5.82 Å². The summed E-state index contributed by atoms with van der Waals surface area (Å²) in [6.45, 7) is 2.27. The Balaban J connectivity index is 1.73. The van der Waals surface area contributed by atoms with Crippen molar-refractivity contribution in [1.29, 1.82) is 5.26 Å². The maximum Gasteiger partial charge on any atom is 0.273 e. The zero-order valence-corrected chi connectivity index (χ0v) is 14.4. The van der Waals surface area contributed by atoms with Crippen LogP contribution in [0.2, 0.25) is 0 Å². The van der Waals surface area contributed by atoms with Gasteiger partial charge >= 0.3 is 0 Å². The molecule has 0 N–H and O–H groups in total. The molecule has 0 saturated heterocycles. The van der Waals surface area contributed by atoms with E-state index < -0.39 is 0 Å². The lowest BCUT2D eigenvalue weighted by Crippen LogP contribution is -2.34. The number of aromatic nitrogens is 2. The Hall–Kier alpha value is -2.61. The molecule has 25 heavy (non-hydrogen) atoms. The number of hydrogen-bond acceptors (Lipinski definition) is 4. The molecule has 0 bridgehead atoms. The average molecular weight is 334 g/mol. The number of nitriles is 1. The largest absolute Gasteiger partial charge is 0.355 e. The van der Waals surface area contributed by atoms with Gasteiger partial charge in [0.25, 0.3) is 5.56 Å². The van der Waals surface area contributed by atoms with Gasteiger partial charge in [0.1, 0.15) is 11.9 Å². The first-order valence-electron chi connectivity index (χ1n) is 9.13. The summed E-state index contributed by atoms with van der Waals surface area (Å²) < 4.78 is 1.72. The van der Waals surface area contributed by atoms with Crippen molar-refractivity contribution >= 4 is 5.82 Å².